The predicted molar refractivity (Wildman–Crippen MR) is 44.8 cm³/mol. The molecule has 1 nitrogen and oxygen atoms in total. The highest BCUT2D eigenvalue weighted by molar-refractivity contribution is 5.06. The Bertz CT molecular complexity index is 117. The van der Waals surface area contributed by atoms with Gasteiger partial charge in [0.15, 0.2) is 0 Å². The van der Waals surface area contributed by atoms with Crippen LogP contribution in [0.2, 0.25) is 0 Å². The second-order valence-electron chi connectivity index (χ2n) is 2.80. The first-order valence-electron chi connectivity index (χ1n) is 4.06. The molecular weight excluding hydrogens is 122 g/mol. The molecule has 0 aromatic rings. The van der Waals surface area contributed by atoms with Crippen LogP contribution in [0.25, 0.3) is 0 Å². The minimum absolute atomic E-state index is 1.20. The molecule has 1 aliphatic heterocycles. The van der Waals surface area contributed by atoms with E-state index in [2.05, 4.69) is 18.7 Å². The van der Waals surface area contributed by atoms with E-state index in [-0.39, 0.29) is 0 Å². The van der Waals surface area contributed by atoms with Crippen molar-refractivity contribution in [3.05, 3.63) is 18.6 Å². The van der Waals surface area contributed by atoms with Gasteiger partial charge in [-0.2, -0.15) is 0 Å². The lowest BCUT2D eigenvalue weighted by Gasteiger charge is -2.26. The maximum Gasteiger partial charge on any atom is 0.00186 e. The van der Waals surface area contributed by atoms with Crippen LogP contribution in [-0.4, -0.2) is 24.5 Å². The third-order valence-electron chi connectivity index (χ3n) is 2.23. The molecule has 1 fully saturated rings. The van der Waals surface area contributed by atoms with E-state index in [0.717, 1.165) is 0 Å². The summed E-state index contributed by atoms with van der Waals surface area (Å²) in [4.78, 5) is 2.48. The van der Waals surface area contributed by atoms with Gasteiger partial charge < -0.3 is 4.90 Å². The Kier molecular flexibility index (Phi) is 2.94. The van der Waals surface area contributed by atoms with Crippen LogP contribution < -0.4 is 0 Å². The topological polar surface area (TPSA) is 3.24 Å². The lowest BCUT2D eigenvalue weighted by atomic mass is 10.0. The molecule has 0 aromatic heterocycles. The molecule has 0 saturated carbocycles. The van der Waals surface area contributed by atoms with E-state index >= 15 is 0 Å². The van der Waals surface area contributed by atoms with Gasteiger partial charge in [0.05, 0.1) is 0 Å². The molecule has 1 radical (unpaired) electrons. The fourth-order valence-electron chi connectivity index (χ4n) is 1.36. The molecule has 0 unspecified atom stereocenters. The summed E-state index contributed by atoms with van der Waals surface area (Å²) in [6, 6.07) is 0. The number of piperidine rings is 1. The Hall–Kier alpha value is -0.300. The summed E-state index contributed by atoms with van der Waals surface area (Å²) in [5.74, 6) is 0. The normalized spacial score (nSPS) is 21.2. The highest BCUT2D eigenvalue weighted by Gasteiger charge is 2.10. The number of likely N-dealkylation sites (tertiary alicyclic amines) is 1. The molecule has 1 heterocycles. The summed E-state index contributed by atoms with van der Waals surface area (Å²) in [6.07, 6.45) is 4.49. The molecule has 1 rings (SSSR count). The van der Waals surface area contributed by atoms with E-state index < -0.39 is 0 Å². The van der Waals surface area contributed by atoms with Gasteiger partial charge >= 0.3 is 0 Å². The molecule has 10 heavy (non-hydrogen) atoms. The van der Waals surface area contributed by atoms with Gasteiger partial charge in [-0.1, -0.05) is 18.6 Å². The highest BCUT2D eigenvalue weighted by atomic mass is 15.1. The summed E-state index contributed by atoms with van der Waals surface area (Å²) in [6.45, 7) is 9.67. The van der Waals surface area contributed by atoms with Crippen molar-refractivity contribution in [2.24, 2.45) is 0 Å². The van der Waals surface area contributed by atoms with Crippen molar-refractivity contribution >= 4 is 0 Å². The average molecular weight is 138 g/mol. The van der Waals surface area contributed by atoms with E-state index in [0.29, 0.717) is 0 Å². The zero-order chi connectivity index (χ0) is 7.40. The minimum Gasteiger partial charge on any atom is -0.303 e. The predicted octanol–water partition coefficient (Wildman–Crippen LogP) is 1.86. The maximum absolute atomic E-state index is 3.78. The Labute approximate surface area is 63.7 Å². The molecule has 0 spiro atoms. The number of hydrogen-bond acceptors (Lipinski definition) is 1. The zero-order valence-electron chi connectivity index (χ0n) is 6.77. The van der Waals surface area contributed by atoms with Crippen LogP contribution in [0.4, 0.5) is 0 Å². The molecule has 0 N–H and O–H groups in total. The summed E-state index contributed by atoms with van der Waals surface area (Å²) in [5, 5.41) is 0. The summed E-state index contributed by atoms with van der Waals surface area (Å²) in [5.41, 5.74) is 1.53. The molecule has 0 atom stereocenters. The monoisotopic (exact) mass is 138 g/mol. The Morgan fingerprint density at radius 3 is 2.50 bits per heavy atom. The Morgan fingerprint density at radius 1 is 1.50 bits per heavy atom. The molecule has 0 amide bonds. The van der Waals surface area contributed by atoms with Crippen molar-refractivity contribution < 1.29 is 0 Å². The van der Waals surface area contributed by atoms with Gasteiger partial charge in [-0.25, -0.2) is 0 Å². The van der Waals surface area contributed by atoms with Gasteiger partial charge in [-0.15, -0.1) is 0 Å². The quantitative estimate of drug-likeness (QED) is 0.534. The molecule has 1 heteroatoms. The van der Waals surface area contributed by atoms with Crippen molar-refractivity contribution in [1.82, 2.24) is 4.90 Å². The lowest BCUT2D eigenvalue weighted by Crippen LogP contribution is -2.30. The second-order valence-corrected chi connectivity index (χ2v) is 2.80. The van der Waals surface area contributed by atoms with Crippen LogP contribution >= 0.6 is 0 Å². The SMILES string of the molecule is [CH2]C=C1CCN(CC)CC1. The number of hydrogen-bond donors (Lipinski definition) is 0. The van der Waals surface area contributed by atoms with Crippen molar-refractivity contribution in [2.75, 3.05) is 19.6 Å². The lowest BCUT2D eigenvalue weighted by molar-refractivity contribution is 0.270. The molecule has 1 saturated heterocycles. The fraction of sp³-hybridized carbons (Fsp3) is 0.667. The molecule has 57 valence electrons. The van der Waals surface area contributed by atoms with E-state index in [1.54, 1.807) is 0 Å². The zero-order valence-corrected chi connectivity index (χ0v) is 6.77. The van der Waals surface area contributed by atoms with Crippen LogP contribution in [0, 0.1) is 6.92 Å². The van der Waals surface area contributed by atoms with Crippen molar-refractivity contribution in [2.45, 2.75) is 19.8 Å². The Morgan fingerprint density at radius 2 is 2.10 bits per heavy atom. The smallest absolute Gasteiger partial charge is 0.00186 e. The third kappa shape index (κ3) is 1.84. The largest absolute Gasteiger partial charge is 0.303 e. The van der Waals surface area contributed by atoms with Crippen LogP contribution in [0.3, 0.4) is 0 Å². The van der Waals surface area contributed by atoms with Gasteiger partial charge in [0.2, 0.25) is 0 Å². The first kappa shape index (κ1) is 7.80. The van der Waals surface area contributed by atoms with Crippen molar-refractivity contribution in [3.63, 3.8) is 0 Å². The molecule has 1 aliphatic rings. The van der Waals surface area contributed by atoms with Crippen LogP contribution in [-0.2, 0) is 0 Å². The summed E-state index contributed by atoms with van der Waals surface area (Å²) < 4.78 is 0. The van der Waals surface area contributed by atoms with Gasteiger partial charge in [-0.05, 0) is 26.3 Å². The average Bonchev–Trinajstić information content (AvgIpc) is 2.05. The van der Waals surface area contributed by atoms with Crippen LogP contribution in [0.1, 0.15) is 19.8 Å². The van der Waals surface area contributed by atoms with Gasteiger partial charge in [-0.3, -0.25) is 0 Å². The van der Waals surface area contributed by atoms with E-state index in [1.165, 1.54) is 38.0 Å². The molecule has 0 bridgehead atoms. The fourth-order valence-corrected chi connectivity index (χ4v) is 1.36. The minimum atomic E-state index is 1.20. The third-order valence-corrected chi connectivity index (χ3v) is 2.23. The first-order valence-corrected chi connectivity index (χ1v) is 4.06. The van der Waals surface area contributed by atoms with E-state index in [4.69, 9.17) is 0 Å². The second kappa shape index (κ2) is 3.77. The van der Waals surface area contributed by atoms with E-state index in [9.17, 15) is 0 Å². The first-order chi connectivity index (χ1) is 4.86. The van der Waals surface area contributed by atoms with E-state index in [1.807, 2.05) is 6.08 Å². The molecule has 0 aromatic carbocycles. The maximum atomic E-state index is 3.78. The molecule has 0 aliphatic carbocycles. The van der Waals surface area contributed by atoms with Gasteiger partial charge in [0, 0.05) is 13.1 Å². The Balaban J connectivity index is 2.31. The van der Waals surface area contributed by atoms with Crippen molar-refractivity contribution in [3.8, 4) is 0 Å². The van der Waals surface area contributed by atoms with Crippen LogP contribution in [0.15, 0.2) is 11.6 Å². The number of allylic oxidation sites excluding steroid dienone is 1. The summed E-state index contributed by atoms with van der Waals surface area (Å²) in [7, 11) is 0. The standard InChI is InChI=1S/C9H16N/c1-3-9-5-7-10(4-2)8-6-9/h3H,1,4-8H2,2H3. The highest BCUT2D eigenvalue weighted by Crippen LogP contribution is 2.14. The van der Waals surface area contributed by atoms with Crippen LogP contribution in [0.5, 0.6) is 0 Å². The summed E-state index contributed by atoms with van der Waals surface area (Å²) >= 11 is 0. The van der Waals surface area contributed by atoms with Crippen molar-refractivity contribution in [1.29, 1.82) is 0 Å². The molecular formula is C9H16N. The number of rotatable bonds is 1. The van der Waals surface area contributed by atoms with Gasteiger partial charge in [0.25, 0.3) is 0 Å². The number of nitrogens with zero attached hydrogens (tertiary/aromatic N) is 1. The van der Waals surface area contributed by atoms with Gasteiger partial charge in [0.1, 0.15) is 0 Å².